The van der Waals surface area contributed by atoms with Crippen LogP contribution in [0, 0.1) is 17.7 Å². The van der Waals surface area contributed by atoms with E-state index in [0.717, 1.165) is 47.0 Å². The van der Waals surface area contributed by atoms with Crippen molar-refractivity contribution in [3.63, 3.8) is 0 Å². The van der Waals surface area contributed by atoms with Crippen LogP contribution in [0.3, 0.4) is 0 Å². The first-order valence-corrected chi connectivity index (χ1v) is 25.1. The molecule has 388 valence electrons. The number of likely N-dealkylation sites (tertiary alicyclic amines) is 2. The predicted octanol–water partition coefficient (Wildman–Crippen LogP) is 9.48. The van der Waals surface area contributed by atoms with Crippen molar-refractivity contribution in [2.75, 3.05) is 54.2 Å². The third-order valence-electron chi connectivity index (χ3n) is 14.2. The fourth-order valence-corrected chi connectivity index (χ4v) is 10.3. The van der Waals surface area contributed by atoms with Gasteiger partial charge in [-0.15, -0.1) is 0 Å². The number of fused-ring (bicyclic) bond motifs is 5. The van der Waals surface area contributed by atoms with Crippen LogP contribution in [0.5, 0.6) is 11.5 Å². The van der Waals surface area contributed by atoms with E-state index in [0.29, 0.717) is 78.4 Å². The highest BCUT2D eigenvalue weighted by atomic mass is 19.1. The number of benzene rings is 3. The molecule has 6 atom stereocenters. The number of aromatic nitrogens is 5. The summed E-state index contributed by atoms with van der Waals surface area (Å²) in [7, 11) is 4.27. The van der Waals surface area contributed by atoms with E-state index in [9.17, 15) is 14.4 Å². The molecule has 3 amide bonds. The average Bonchev–Trinajstić information content (AvgIpc) is 4.25. The van der Waals surface area contributed by atoms with E-state index in [1.54, 1.807) is 24.4 Å². The van der Waals surface area contributed by atoms with Crippen molar-refractivity contribution in [2.24, 2.45) is 11.8 Å². The number of amides is 3. The summed E-state index contributed by atoms with van der Waals surface area (Å²) in [4.78, 5) is 58.3. The van der Waals surface area contributed by atoms with Crippen molar-refractivity contribution in [1.29, 1.82) is 0 Å². The van der Waals surface area contributed by atoms with Crippen LogP contribution in [0.4, 0.5) is 18.4 Å². The highest BCUT2D eigenvalue weighted by Gasteiger charge is 2.39. The van der Waals surface area contributed by atoms with Gasteiger partial charge in [0.15, 0.2) is 0 Å². The van der Waals surface area contributed by atoms with Crippen LogP contribution in [0.1, 0.15) is 95.3 Å². The topological polar surface area (TPSA) is 190 Å². The number of halogens is 2. The van der Waals surface area contributed by atoms with Gasteiger partial charge < -0.3 is 53.8 Å². The van der Waals surface area contributed by atoms with Gasteiger partial charge in [-0.25, -0.2) is 28.3 Å². The Labute approximate surface area is 423 Å². The molecule has 2 fully saturated rings. The third kappa shape index (κ3) is 10.7. The summed E-state index contributed by atoms with van der Waals surface area (Å²) in [6.45, 7) is 10.0. The molecule has 3 aromatic heterocycles. The van der Waals surface area contributed by atoms with Gasteiger partial charge in [0.2, 0.25) is 12.1 Å². The maximum Gasteiger partial charge on any atom is 0.407 e. The van der Waals surface area contributed by atoms with Crippen LogP contribution in [0.25, 0.3) is 44.7 Å². The Morgan fingerprint density at radius 3 is 2.30 bits per heavy atom. The molecule has 17 nitrogen and oxygen atoms in total. The number of alkyl carbamates (subject to hydrolysis) is 2. The zero-order valence-electron chi connectivity index (χ0n) is 42.4. The molecule has 0 aliphatic carbocycles. The quantitative estimate of drug-likeness (QED) is 0.0600. The molecule has 0 bridgehead atoms. The number of rotatable bonds is 18. The van der Waals surface area contributed by atoms with Crippen molar-refractivity contribution < 1.29 is 46.8 Å². The predicted molar refractivity (Wildman–Crippen MR) is 270 cm³/mol. The number of imidazole rings is 2. The zero-order chi connectivity index (χ0) is 51.5. The lowest BCUT2D eigenvalue weighted by atomic mass is 10.0. The number of hydrogen-bond acceptors (Lipinski definition) is 11. The van der Waals surface area contributed by atoms with Gasteiger partial charge in [0.05, 0.1) is 73.5 Å². The molecule has 3 aromatic carbocycles. The maximum absolute atomic E-state index is 17.1. The van der Waals surface area contributed by atoms with Gasteiger partial charge in [0, 0.05) is 67.9 Å². The number of H-pyrrole nitrogens is 2. The summed E-state index contributed by atoms with van der Waals surface area (Å²) in [5.74, 6) is 1.33. The minimum absolute atomic E-state index is 0.0766. The minimum Gasteiger partial charge on any atom is -0.494 e. The molecular formula is C54H65F2N9O8. The number of ether oxygens (including phenoxy) is 5. The van der Waals surface area contributed by atoms with Crippen LogP contribution in [0.15, 0.2) is 73.1 Å². The largest absolute Gasteiger partial charge is 0.494 e. The van der Waals surface area contributed by atoms with E-state index < -0.39 is 36.4 Å². The smallest absolute Gasteiger partial charge is 0.407 e. The molecule has 3 aliphatic heterocycles. The Kier molecular flexibility index (Phi) is 15.4. The van der Waals surface area contributed by atoms with E-state index >= 15 is 8.78 Å². The summed E-state index contributed by atoms with van der Waals surface area (Å²) in [6.07, 6.45) is 3.73. The molecule has 6 unspecified atom stereocenters. The number of nitrogens with one attached hydrogen (secondary N) is 4. The monoisotopic (exact) mass is 1010 g/mol. The number of unbranched alkanes of at least 4 members (excludes halogenated alkanes) is 1. The van der Waals surface area contributed by atoms with Crippen LogP contribution in [-0.4, -0.2) is 125 Å². The number of methoxy groups -OCH3 is 3. The Morgan fingerprint density at radius 2 is 1.58 bits per heavy atom. The van der Waals surface area contributed by atoms with Gasteiger partial charge >= 0.3 is 12.2 Å². The molecule has 19 heteroatoms. The second-order valence-electron chi connectivity index (χ2n) is 19.8. The summed E-state index contributed by atoms with van der Waals surface area (Å²) in [5.41, 5.74) is 5.11. The number of nitrogens with zero attached hydrogens (tertiary/aromatic N) is 5. The van der Waals surface area contributed by atoms with Crippen LogP contribution in [0.2, 0.25) is 0 Å². The minimum atomic E-state index is -1.06. The van der Waals surface area contributed by atoms with E-state index in [2.05, 4.69) is 20.6 Å². The summed E-state index contributed by atoms with van der Waals surface area (Å²) in [6, 6.07) is 17.2. The Balaban J connectivity index is 1.04. The summed E-state index contributed by atoms with van der Waals surface area (Å²) < 4.78 is 62.2. The molecule has 0 saturated carbocycles. The van der Waals surface area contributed by atoms with Crippen molar-refractivity contribution in [1.82, 2.24) is 44.9 Å². The number of hydrogen-bond donors (Lipinski definition) is 4. The number of aromatic amines is 2. The Morgan fingerprint density at radius 1 is 0.849 bits per heavy atom. The van der Waals surface area contributed by atoms with E-state index in [1.165, 1.54) is 20.3 Å². The van der Waals surface area contributed by atoms with E-state index in [1.807, 2.05) is 91.8 Å². The molecule has 3 aliphatic rings. The molecule has 0 radical (unpaired) electrons. The van der Waals surface area contributed by atoms with Crippen molar-refractivity contribution in [3.8, 4) is 45.3 Å². The van der Waals surface area contributed by atoms with Crippen molar-refractivity contribution >= 4 is 29.0 Å². The maximum atomic E-state index is 17.1. The first-order chi connectivity index (χ1) is 35.2. The normalized spacial score (nSPS) is 19.4. The number of carbonyl (C=O) groups is 3. The van der Waals surface area contributed by atoms with Gasteiger partial charge in [-0.2, -0.15) is 0 Å². The highest BCUT2D eigenvalue weighted by Crippen LogP contribution is 2.48. The van der Waals surface area contributed by atoms with Gasteiger partial charge in [-0.05, 0) is 80.0 Å². The van der Waals surface area contributed by atoms with Crippen LogP contribution < -0.4 is 20.1 Å². The van der Waals surface area contributed by atoms with Crippen LogP contribution in [-0.2, 0) is 19.0 Å². The van der Waals surface area contributed by atoms with E-state index in [-0.39, 0.29) is 48.8 Å². The lowest BCUT2D eigenvalue weighted by Gasteiger charge is -2.31. The molecular weight excluding hydrogens is 941 g/mol. The molecule has 9 rings (SSSR count). The summed E-state index contributed by atoms with van der Waals surface area (Å²) >= 11 is 0. The van der Waals surface area contributed by atoms with Gasteiger partial charge in [-0.1, -0.05) is 45.9 Å². The average molecular weight is 1010 g/mol. The molecule has 4 N–H and O–H groups in total. The second-order valence-corrected chi connectivity index (χ2v) is 19.8. The lowest BCUT2D eigenvalue weighted by Crippen LogP contribution is -2.51. The first-order valence-electron chi connectivity index (χ1n) is 25.1. The third-order valence-corrected chi connectivity index (χ3v) is 14.2. The SMILES string of the molecule is COCCCCOc1cccc(C2Oc3cc(-c4cnc(C5CCCN5C(=O)C(NC(=O)OC)C(C)C)[nH]4)cc(F)c3-c3cc4cc(-c5cnc(C6CC(F)CN6CC(NC(=O)OC)C(C)C)[nH]5)ccc4n32)c1. The van der Waals surface area contributed by atoms with E-state index in [4.69, 9.17) is 33.7 Å². The van der Waals surface area contributed by atoms with Crippen LogP contribution >= 0.6 is 0 Å². The molecule has 73 heavy (non-hydrogen) atoms. The van der Waals surface area contributed by atoms with Gasteiger partial charge in [-0.3, -0.25) is 9.69 Å². The lowest BCUT2D eigenvalue weighted by molar-refractivity contribution is -0.135. The first kappa shape index (κ1) is 50.9. The molecule has 2 saturated heterocycles. The van der Waals surface area contributed by atoms with Gasteiger partial charge in [0.25, 0.3) is 0 Å². The number of alkyl halides is 1. The fourth-order valence-electron chi connectivity index (χ4n) is 10.3. The molecule has 0 spiro atoms. The molecule has 6 aromatic rings. The number of carbonyl (C=O) groups excluding carboxylic acids is 3. The fraction of sp³-hybridized carbons (Fsp3) is 0.463. The van der Waals surface area contributed by atoms with Crippen molar-refractivity contribution in [3.05, 3.63) is 96.1 Å². The van der Waals surface area contributed by atoms with Crippen molar-refractivity contribution in [2.45, 2.75) is 96.4 Å². The van der Waals surface area contributed by atoms with Gasteiger partial charge in [0.1, 0.15) is 41.2 Å². The second kappa shape index (κ2) is 22.0. The standard InChI is InChI=1S/C54H65F2N9O8/c1-30(2)41(61-53(67)70-6)29-63-28-36(55)25-45(63)50-58-26-39(59-50)32-15-16-42-35(20-32)23-44-47-38(56)22-34(24-46(47)73-52(65(42)44)33-12-10-13-37(21-33)72-19-9-8-18-69-5)40-27-57-49(60-40)43-14-11-17-64(43)51(66)48(31(3)4)62-54(68)71-7/h10,12-13,15-16,20-24,26-27,30-31,36,41,43,45,48,52H,8-9,11,14,17-19,25,28-29H2,1-7H3,(H,57,60)(H,58,59)(H,61,67)(H,62,68). The Bertz CT molecular complexity index is 2930. The highest BCUT2D eigenvalue weighted by molar-refractivity contribution is 5.93. The zero-order valence-corrected chi connectivity index (χ0v) is 42.4. The molecule has 6 heterocycles. The Hall–Kier alpha value is -6.99. The summed E-state index contributed by atoms with van der Waals surface area (Å²) in [5, 5.41) is 6.41.